The smallest absolute Gasteiger partial charge is 0.222 e. The van der Waals surface area contributed by atoms with E-state index in [9.17, 15) is 4.79 Å². The number of benzene rings is 1. The predicted molar refractivity (Wildman–Crippen MR) is 103 cm³/mol. The van der Waals surface area contributed by atoms with Crippen LogP contribution in [0.2, 0.25) is 0 Å². The van der Waals surface area contributed by atoms with Crippen molar-refractivity contribution < 1.29 is 9.53 Å². The SMILES string of the molecule is N[C@H]1CCO[C@@H](C2CCN(C(=O)CC3CC(c4ccccc4)C3)CC2)C1. The predicted octanol–water partition coefficient (Wildman–Crippen LogP) is 3.32. The Morgan fingerprint density at radius 3 is 2.50 bits per heavy atom. The molecule has 1 aromatic carbocycles. The number of likely N-dealkylation sites (tertiary alicyclic amines) is 1. The molecule has 1 aliphatic carbocycles. The molecule has 0 aromatic heterocycles. The van der Waals surface area contributed by atoms with E-state index in [2.05, 4.69) is 35.2 Å². The highest BCUT2D eigenvalue weighted by atomic mass is 16.5. The summed E-state index contributed by atoms with van der Waals surface area (Å²) in [7, 11) is 0. The van der Waals surface area contributed by atoms with Gasteiger partial charge in [0, 0.05) is 32.2 Å². The summed E-state index contributed by atoms with van der Waals surface area (Å²) in [4.78, 5) is 14.7. The summed E-state index contributed by atoms with van der Waals surface area (Å²) in [5, 5.41) is 0. The maximum absolute atomic E-state index is 12.7. The first-order valence-electron chi connectivity index (χ1n) is 10.4. The standard InChI is InChI=1S/C22H32N2O2/c23-20-8-11-26-21(15-20)18-6-9-24(10-7-18)22(25)14-16-12-19(13-16)17-4-2-1-3-5-17/h1-5,16,18-21H,6-15,23H2/t16?,19?,20-,21+/m0/s1. The van der Waals surface area contributed by atoms with Crippen LogP contribution in [-0.4, -0.2) is 42.6 Å². The molecule has 142 valence electrons. The molecular formula is C22H32N2O2. The minimum atomic E-state index is 0.296. The Balaban J connectivity index is 1.19. The fourth-order valence-corrected chi connectivity index (χ4v) is 4.98. The summed E-state index contributed by atoms with van der Waals surface area (Å²) in [6, 6.07) is 11.0. The van der Waals surface area contributed by atoms with E-state index >= 15 is 0 Å². The summed E-state index contributed by atoms with van der Waals surface area (Å²) < 4.78 is 5.95. The number of piperidine rings is 1. The van der Waals surface area contributed by atoms with Gasteiger partial charge in [0.25, 0.3) is 0 Å². The maximum atomic E-state index is 12.7. The van der Waals surface area contributed by atoms with Crippen molar-refractivity contribution in [1.29, 1.82) is 0 Å². The number of hydrogen-bond donors (Lipinski definition) is 1. The second-order valence-electron chi connectivity index (χ2n) is 8.56. The zero-order valence-electron chi connectivity index (χ0n) is 15.7. The lowest BCUT2D eigenvalue weighted by atomic mass is 9.70. The number of nitrogens with zero attached hydrogens (tertiary/aromatic N) is 1. The molecular weight excluding hydrogens is 324 g/mol. The summed E-state index contributed by atoms with van der Waals surface area (Å²) in [5.74, 6) is 2.18. The van der Waals surface area contributed by atoms with E-state index in [1.165, 1.54) is 18.4 Å². The normalized spacial score (nSPS) is 32.9. The average molecular weight is 357 g/mol. The quantitative estimate of drug-likeness (QED) is 0.900. The summed E-state index contributed by atoms with van der Waals surface area (Å²) in [6.07, 6.45) is 7.50. The van der Waals surface area contributed by atoms with Gasteiger partial charge >= 0.3 is 0 Å². The molecule has 2 N–H and O–H groups in total. The Hall–Kier alpha value is -1.39. The van der Waals surface area contributed by atoms with Gasteiger partial charge in [-0.1, -0.05) is 30.3 Å². The Labute approximate surface area is 157 Å². The van der Waals surface area contributed by atoms with E-state index < -0.39 is 0 Å². The Morgan fingerprint density at radius 1 is 1.08 bits per heavy atom. The van der Waals surface area contributed by atoms with Crippen LogP contribution in [0.5, 0.6) is 0 Å². The Morgan fingerprint density at radius 2 is 1.81 bits per heavy atom. The third-order valence-corrected chi connectivity index (χ3v) is 6.74. The van der Waals surface area contributed by atoms with Crippen molar-refractivity contribution in [3.8, 4) is 0 Å². The summed E-state index contributed by atoms with van der Waals surface area (Å²) in [6.45, 7) is 2.59. The van der Waals surface area contributed by atoms with Crippen LogP contribution in [0.15, 0.2) is 30.3 Å². The Kier molecular flexibility index (Phi) is 5.60. The number of ether oxygens (including phenoxy) is 1. The van der Waals surface area contributed by atoms with Crippen LogP contribution in [0.25, 0.3) is 0 Å². The van der Waals surface area contributed by atoms with Gasteiger partial charge < -0.3 is 15.4 Å². The number of amides is 1. The van der Waals surface area contributed by atoms with Crippen molar-refractivity contribution in [2.24, 2.45) is 17.6 Å². The fourth-order valence-electron chi connectivity index (χ4n) is 4.98. The number of carbonyl (C=O) groups excluding carboxylic acids is 1. The molecule has 1 amide bonds. The Bertz CT molecular complexity index is 591. The molecule has 2 saturated heterocycles. The van der Waals surface area contributed by atoms with Gasteiger partial charge in [0.15, 0.2) is 0 Å². The third kappa shape index (κ3) is 4.12. The molecule has 0 radical (unpaired) electrons. The van der Waals surface area contributed by atoms with Crippen molar-refractivity contribution in [3.05, 3.63) is 35.9 Å². The van der Waals surface area contributed by atoms with E-state index in [-0.39, 0.29) is 0 Å². The molecule has 4 rings (SSSR count). The molecule has 0 spiro atoms. The molecule has 4 heteroatoms. The highest BCUT2D eigenvalue weighted by Crippen LogP contribution is 2.43. The summed E-state index contributed by atoms with van der Waals surface area (Å²) in [5.41, 5.74) is 7.53. The van der Waals surface area contributed by atoms with Crippen LogP contribution < -0.4 is 5.73 Å². The second kappa shape index (κ2) is 8.10. The first-order chi connectivity index (χ1) is 12.7. The fraction of sp³-hybridized carbons (Fsp3) is 0.682. The lowest BCUT2D eigenvalue weighted by Gasteiger charge is -2.40. The number of rotatable bonds is 4. The zero-order chi connectivity index (χ0) is 17.9. The van der Waals surface area contributed by atoms with Gasteiger partial charge in [0.1, 0.15) is 0 Å². The van der Waals surface area contributed by atoms with E-state index in [4.69, 9.17) is 10.5 Å². The first-order valence-corrected chi connectivity index (χ1v) is 10.4. The minimum absolute atomic E-state index is 0.296. The van der Waals surface area contributed by atoms with Gasteiger partial charge in [-0.15, -0.1) is 0 Å². The van der Waals surface area contributed by atoms with E-state index in [0.717, 1.165) is 51.8 Å². The van der Waals surface area contributed by atoms with Crippen LogP contribution in [0.4, 0.5) is 0 Å². The lowest BCUT2D eigenvalue weighted by molar-refractivity contribution is -0.135. The lowest BCUT2D eigenvalue weighted by Crippen LogP contribution is -2.45. The van der Waals surface area contributed by atoms with Crippen LogP contribution in [0, 0.1) is 11.8 Å². The average Bonchev–Trinajstić information content (AvgIpc) is 2.65. The molecule has 1 aromatic rings. The van der Waals surface area contributed by atoms with Gasteiger partial charge in [0.05, 0.1) is 6.10 Å². The van der Waals surface area contributed by atoms with Crippen molar-refractivity contribution in [2.75, 3.05) is 19.7 Å². The van der Waals surface area contributed by atoms with Crippen molar-refractivity contribution >= 4 is 5.91 Å². The first kappa shape index (κ1) is 18.0. The molecule has 0 bridgehead atoms. The number of nitrogens with two attached hydrogens (primary N) is 1. The number of carbonyl (C=O) groups is 1. The highest BCUT2D eigenvalue weighted by Gasteiger charge is 2.35. The largest absolute Gasteiger partial charge is 0.378 e. The van der Waals surface area contributed by atoms with Crippen LogP contribution >= 0.6 is 0 Å². The van der Waals surface area contributed by atoms with Gasteiger partial charge in [-0.05, 0) is 61.8 Å². The summed E-state index contributed by atoms with van der Waals surface area (Å²) >= 11 is 0. The van der Waals surface area contributed by atoms with E-state index in [0.29, 0.717) is 35.8 Å². The van der Waals surface area contributed by atoms with Gasteiger partial charge in [0.2, 0.25) is 5.91 Å². The zero-order valence-corrected chi connectivity index (χ0v) is 15.7. The molecule has 4 nitrogen and oxygen atoms in total. The van der Waals surface area contributed by atoms with E-state index in [1.807, 2.05) is 0 Å². The van der Waals surface area contributed by atoms with Gasteiger partial charge in [-0.3, -0.25) is 4.79 Å². The van der Waals surface area contributed by atoms with Crippen molar-refractivity contribution in [3.63, 3.8) is 0 Å². The van der Waals surface area contributed by atoms with Gasteiger partial charge in [-0.25, -0.2) is 0 Å². The van der Waals surface area contributed by atoms with Crippen LogP contribution in [0.1, 0.15) is 56.4 Å². The molecule has 2 atom stereocenters. The molecule has 1 saturated carbocycles. The van der Waals surface area contributed by atoms with Crippen LogP contribution in [0.3, 0.4) is 0 Å². The molecule has 2 heterocycles. The number of hydrogen-bond acceptors (Lipinski definition) is 3. The van der Waals surface area contributed by atoms with Crippen molar-refractivity contribution in [2.45, 2.75) is 63.0 Å². The molecule has 3 aliphatic rings. The second-order valence-corrected chi connectivity index (χ2v) is 8.56. The minimum Gasteiger partial charge on any atom is -0.378 e. The van der Waals surface area contributed by atoms with Crippen LogP contribution in [-0.2, 0) is 9.53 Å². The molecule has 2 aliphatic heterocycles. The monoisotopic (exact) mass is 356 g/mol. The van der Waals surface area contributed by atoms with Gasteiger partial charge in [-0.2, -0.15) is 0 Å². The topological polar surface area (TPSA) is 55.6 Å². The molecule has 26 heavy (non-hydrogen) atoms. The van der Waals surface area contributed by atoms with E-state index in [1.54, 1.807) is 0 Å². The highest BCUT2D eigenvalue weighted by molar-refractivity contribution is 5.76. The maximum Gasteiger partial charge on any atom is 0.222 e. The molecule has 0 unspecified atom stereocenters. The van der Waals surface area contributed by atoms with Crippen molar-refractivity contribution in [1.82, 2.24) is 4.90 Å². The third-order valence-electron chi connectivity index (χ3n) is 6.74. The molecule has 3 fully saturated rings.